The molecule has 0 radical (unpaired) electrons. The molecule has 17 heavy (non-hydrogen) atoms. The number of ether oxygens (including phenoxy) is 1. The zero-order valence-electron chi connectivity index (χ0n) is 9.53. The number of benzene rings is 1. The summed E-state index contributed by atoms with van der Waals surface area (Å²) in [5.74, 6) is -1.13. The van der Waals surface area contributed by atoms with Gasteiger partial charge in [0.05, 0.1) is 6.10 Å². The van der Waals surface area contributed by atoms with Gasteiger partial charge in [-0.15, -0.1) is 0 Å². The van der Waals surface area contributed by atoms with Crippen LogP contribution in [-0.2, 0) is 0 Å². The third-order valence-corrected chi connectivity index (χ3v) is 3.25. The predicted octanol–water partition coefficient (Wildman–Crippen LogP) is 2.89. The molecule has 0 heterocycles. The summed E-state index contributed by atoms with van der Waals surface area (Å²) in [6.07, 6.45) is 3.69. The van der Waals surface area contributed by atoms with Crippen molar-refractivity contribution in [3.8, 4) is 5.75 Å². The Morgan fingerprint density at radius 3 is 2.65 bits per heavy atom. The summed E-state index contributed by atoms with van der Waals surface area (Å²) in [6, 6.07) is 3.16. The van der Waals surface area contributed by atoms with Gasteiger partial charge in [0.25, 0.3) is 0 Å². The molecule has 1 unspecified atom stereocenters. The Balaban J connectivity index is 1.88. The predicted molar refractivity (Wildman–Crippen MR) is 59.8 cm³/mol. The minimum Gasteiger partial charge on any atom is -0.488 e. The molecule has 2 nitrogen and oxygen atoms in total. The highest BCUT2D eigenvalue weighted by molar-refractivity contribution is 5.24. The Hall–Kier alpha value is -1.16. The van der Waals surface area contributed by atoms with Crippen LogP contribution in [-0.4, -0.2) is 17.8 Å². The number of rotatable bonds is 4. The smallest absolute Gasteiger partial charge is 0.167 e. The third-order valence-electron chi connectivity index (χ3n) is 3.25. The van der Waals surface area contributed by atoms with Crippen LogP contribution in [0.25, 0.3) is 0 Å². The normalized spacial score (nSPS) is 18.3. The van der Waals surface area contributed by atoms with Crippen LogP contribution in [0.1, 0.15) is 25.7 Å². The van der Waals surface area contributed by atoms with Gasteiger partial charge >= 0.3 is 0 Å². The van der Waals surface area contributed by atoms with E-state index in [1.807, 2.05) is 0 Å². The van der Waals surface area contributed by atoms with E-state index in [-0.39, 0.29) is 18.3 Å². The fourth-order valence-corrected chi connectivity index (χ4v) is 2.25. The first-order chi connectivity index (χ1) is 8.16. The minimum absolute atomic E-state index is 0.0107. The van der Waals surface area contributed by atoms with E-state index in [1.54, 1.807) is 0 Å². The van der Waals surface area contributed by atoms with E-state index in [2.05, 4.69) is 0 Å². The maximum absolute atomic E-state index is 13.2. The van der Waals surface area contributed by atoms with E-state index in [9.17, 15) is 13.9 Å². The molecule has 0 amide bonds. The largest absolute Gasteiger partial charge is 0.488 e. The Bertz CT molecular complexity index is 376. The summed E-state index contributed by atoms with van der Waals surface area (Å²) in [5, 5.41) is 9.83. The van der Waals surface area contributed by atoms with E-state index in [0.717, 1.165) is 37.8 Å². The van der Waals surface area contributed by atoms with Crippen LogP contribution in [0, 0.1) is 17.6 Å². The molecule has 94 valence electrons. The van der Waals surface area contributed by atoms with Gasteiger partial charge in [-0.25, -0.2) is 8.78 Å². The van der Waals surface area contributed by atoms with Gasteiger partial charge in [-0.1, -0.05) is 12.8 Å². The topological polar surface area (TPSA) is 29.5 Å². The highest BCUT2D eigenvalue weighted by Gasteiger charge is 2.23. The minimum atomic E-state index is -0.733. The lowest BCUT2D eigenvalue weighted by Crippen LogP contribution is -2.25. The fraction of sp³-hybridized carbons (Fsp3) is 0.538. The molecule has 0 aromatic heterocycles. The summed E-state index contributed by atoms with van der Waals surface area (Å²) in [7, 11) is 0. The lowest BCUT2D eigenvalue weighted by molar-refractivity contribution is 0.0578. The van der Waals surface area contributed by atoms with Crippen molar-refractivity contribution in [1.82, 2.24) is 0 Å². The zero-order chi connectivity index (χ0) is 12.3. The summed E-state index contributed by atoms with van der Waals surface area (Å²) >= 11 is 0. The Labute approximate surface area is 99.2 Å². The quantitative estimate of drug-likeness (QED) is 0.879. The molecule has 0 saturated heterocycles. The molecule has 4 heteroatoms. The van der Waals surface area contributed by atoms with Gasteiger partial charge in [-0.05, 0) is 30.9 Å². The maximum atomic E-state index is 13.2. The monoisotopic (exact) mass is 242 g/mol. The summed E-state index contributed by atoms with van der Waals surface area (Å²) in [5.41, 5.74) is 0. The van der Waals surface area contributed by atoms with Gasteiger partial charge in [-0.2, -0.15) is 0 Å². The number of aliphatic hydroxyl groups excluding tert-OH is 1. The Morgan fingerprint density at radius 1 is 1.29 bits per heavy atom. The number of hydrogen-bond donors (Lipinski definition) is 1. The molecule has 1 fully saturated rings. The van der Waals surface area contributed by atoms with Crippen molar-refractivity contribution in [2.24, 2.45) is 5.92 Å². The molecular formula is C13H16F2O2. The highest BCUT2D eigenvalue weighted by atomic mass is 19.1. The van der Waals surface area contributed by atoms with Crippen LogP contribution >= 0.6 is 0 Å². The first kappa shape index (κ1) is 12.3. The van der Waals surface area contributed by atoms with Crippen LogP contribution < -0.4 is 4.74 Å². The molecule has 0 spiro atoms. The maximum Gasteiger partial charge on any atom is 0.167 e. The summed E-state index contributed by atoms with van der Waals surface area (Å²) in [4.78, 5) is 0. The molecular weight excluding hydrogens is 226 g/mol. The molecule has 1 aromatic carbocycles. The lowest BCUT2D eigenvalue weighted by Gasteiger charge is -2.18. The van der Waals surface area contributed by atoms with E-state index in [1.165, 1.54) is 6.07 Å². The lowest BCUT2D eigenvalue weighted by atomic mass is 10.0. The zero-order valence-corrected chi connectivity index (χ0v) is 9.53. The molecule has 1 aromatic rings. The van der Waals surface area contributed by atoms with Crippen molar-refractivity contribution in [1.29, 1.82) is 0 Å². The molecule has 2 rings (SSSR count). The third kappa shape index (κ3) is 3.16. The van der Waals surface area contributed by atoms with Crippen molar-refractivity contribution in [3.05, 3.63) is 29.8 Å². The van der Waals surface area contributed by atoms with Crippen LogP contribution in [0.5, 0.6) is 5.75 Å². The molecule has 1 aliphatic rings. The van der Waals surface area contributed by atoms with Crippen molar-refractivity contribution < 1.29 is 18.6 Å². The van der Waals surface area contributed by atoms with E-state index in [0.29, 0.717) is 0 Å². The van der Waals surface area contributed by atoms with Crippen LogP contribution in [0.2, 0.25) is 0 Å². The summed E-state index contributed by atoms with van der Waals surface area (Å²) in [6.45, 7) is 0.0627. The van der Waals surface area contributed by atoms with Crippen LogP contribution in [0.15, 0.2) is 18.2 Å². The van der Waals surface area contributed by atoms with Crippen molar-refractivity contribution in [2.45, 2.75) is 31.8 Å². The Morgan fingerprint density at radius 2 is 2.00 bits per heavy atom. The first-order valence-corrected chi connectivity index (χ1v) is 5.93. The van der Waals surface area contributed by atoms with Gasteiger partial charge in [-0.3, -0.25) is 0 Å². The van der Waals surface area contributed by atoms with Crippen LogP contribution in [0.3, 0.4) is 0 Å². The average molecular weight is 242 g/mol. The number of halogens is 2. The number of aliphatic hydroxyl groups is 1. The number of hydrogen-bond acceptors (Lipinski definition) is 2. The Kier molecular flexibility index (Phi) is 3.94. The summed E-state index contributed by atoms with van der Waals surface area (Å²) < 4.78 is 31.1. The van der Waals surface area contributed by atoms with Gasteiger partial charge in [0.2, 0.25) is 0 Å². The standard InChI is InChI=1S/C13H16F2O2/c14-10-5-6-13(11(15)7-10)17-8-12(16)9-3-1-2-4-9/h5-7,9,12,16H,1-4,8H2. The molecule has 1 saturated carbocycles. The molecule has 1 atom stereocenters. The second-order valence-corrected chi connectivity index (χ2v) is 4.50. The molecule has 1 aliphatic carbocycles. The van der Waals surface area contributed by atoms with Gasteiger partial charge in [0, 0.05) is 6.07 Å². The molecule has 1 N–H and O–H groups in total. The van der Waals surface area contributed by atoms with Crippen molar-refractivity contribution >= 4 is 0 Å². The van der Waals surface area contributed by atoms with E-state index in [4.69, 9.17) is 4.74 Å². The first-order valence-electron chi connectivity index (χ1n) is 5.93. The molecule has 0 bridgehead atoms. The average Bonchev–Trinajstić information content (AvgIpc) is 2.81. The van der Waals surface area contributed by atoms with Gasteiger partial charge < -0.3 is 9.84 Å². The van der Waals surface area contributed by atoms with Crippen molar-refractivity contribution in [2.75, 3.05) is 6.61 Å². The highest BCUT2D eigenvalue weighted by Crippen LogP contribution is 2.28. The van der Waals surface area contributed by atoms with Gasteiger partial charge in [0.1, 0.15) is 12.4 Å². The second-order valence-electron chi connectivity index (χ2n) is 4.50. The SMILES string of the molecule is OC(COc1ccc(F)cc1F)C1CCCC1. The fourth-order valence-electron chi connectivity index (χ4n) is 2.25. The van der Waals surface area contributed by atoms with Crippen molar-refractivity contribution in [3.63, 3.8) is 0 Å². The van der Waals surface area contributed by atoms with E-state index >= 15 is 0 Å². The second kappa shape index (κ2) is 5.45. The van der Waals surface area contributed by atoms with Gasteiger partial charge in [0.15, 0.2) is 11.6 Å². The van der Waals surface area contributed by atoms with Crippen LogP contribution in [0.4, 0.5) is 8.78 Å². The molecule has 0 aliphatic heterocycles. The van der Waals surface area contributed by atoms with E-state index < -0.39 is 17.7 Å².